The molecule has 3 nitrogen and oxygen atoms in total. The maximum absolute atomic E-state index is 12.6. The molecule has 3 heteroatoms. The third kappa shape index (κ3) is 3.04. The highest BCUT2D eigenvalue weighted by molar-refractivity contribution is 6.26. The van der Waals surface area contributed by atoms with Crippen LogP contribution in [-0.4, -0.2) is 18.3 Å². The maximum atomic E-state index is 12.6. The first-order valence-corrected chi connectivity index (χ1v) is 11.4. The van der Waals surface area contributed by atoms with Gasteiger partial charge in [-0.3, -0.25) is 0 Å². The molecule has 33 heavy (non-hydrogen) atoms. The van der Waals surface area contributed by atoms with Crippen LogP contribution in [0.25, 0.3) is 22.3 Å². The minimum absolute atomic E-state index is 0.288. The second-order valence-electron chi connectivity index (χ2n) is 8.58. The van der Waals surface area contributed by atoms with Gasteiger partial charge in [0, 0.05) is 17.5 Å². The Morgan fingerprint density at radius 3 is 2.36 bits per heavy atom. The quantitative estimate of drug-likeness (QED) is 0.287. The van der Waals surface area contributed by atoms with E-state index in [1.807, 2.05) is 26.0 Å². The van der Waals surface area contributed by atoms with Crippen molar-refractivity contribution in [2.45, 2.75) is 20.3 Å². The highest BCUT2D eigenvalue weighted by atomic mass is 16.5. The summed E-state index contributed by atoms with van der Waals surface area (Å²) < 4.78 is 5.32. The number of aliphatic imine (C=N–C) groups is 1. The predicted molar refractivity (Wildman–Crippen MR) is 133 cm³/mol. The van der Waals surface area contributed by atoms with Gasteiger partial charge in [-0.2, -0.15) is 0 Å². The number of ether oxygens (including phenoxy) is 1. The van der Waals surface area contributed by atoms with E-state index in [9.17, 15) is 4.79 Å². The summed E-state index contributed by atoms with van der Waals surface area (Å²) in [6.07, 6.45) is 0.884. The van der Waals surface area contributed by atoms with Gasteiger partial charge in [0.1, 0.15) is 0 Å². The van der Waals surface area contributed by atoms with Crippen molar-refractivity contribution in [3.8, 4) is 22.3 Å². The van der Waals surface area contributed by atoms with Gasteiger partial charge in [-0.1, -0.05) is 60.7 Å². The molecule has 4 aromatic carbocycles. The normalized spacial score (nSPS) is 13.9. The van der Waals surface area contributed by atoms with Crippen LogP contribution in [0.1, 0.15) is 45.1 Å². The van der Waals surface area contributed by atoms with Crippen LogP contribution in [0.4, 0.5) is 5.69 Å². The molecular formula is C30H23NO2. The molecule has 0 saturated heterocycles. The SMILES string of the molecule is CCOC(=O)c1cc2c(cc1C)-c1ccccc1C2=Nc1cccc2c1Cc1ccccc1-2. The molecule has 0 saturated carbocycles. The average molecular weight is 430 g/mol. The van der Waals surface area contributed by atoms with Gasteiger partial charge in [0.2, 0.25) is 0 Å². The Kier molecular flexibility index (Phi) is 4.51. The minimum atomic E-state index is -0.288. The molecule has 0 spiro atoms. The zero-order chi connectivity index (χ0) is 22.5. The van der Waals surface area contributed by atoms with Crippen LogP contribution in [0.5, 0.6) is 0 Å². The predicted octanol–water partition coefficient (Wildman–Crippen LogP) is 6.89. The molecule has 0 fully saturated rings. The molecule has 0 aliphatic heterocycles. The van der Waals surface area contributed by atoms with Crippen LogP contribution >= 0.6 is 0 Å². The van der Waals surface area contributed by atoms with E-state index in [0.717, 1.165) is 45.6 Å². The number of benzene rings is 4. The highest BCUT2D eigenvalue weighted by Crippen LogP contribution is 2.44. The summed E-state index contributed by atoms with van der Waals surface area (Å²) in [5.74, 6) is -0.288. The fraction of sp³-hybridized carbons (Fsp3) is 0.133. The molecule has 2 aliphatic rings. The van der Waals surface area contributed by atoms with E-state index < -0.39 is 0 Å². The molecule has 6 rings (SSSR count). The number of hydrogen-bond acceptors (Lipinski definition) is 3. The number of carbonyl (C=O) groups excluding carboxylic acids is 1. The molecule has 0 bridgehead atoms. The first kappa shape index (κ1) is 19.7. The van der Waals surface area contributed by atoms with Gasteiger partial charge < -0.3 is 4.74 Å². The van der Waals surface area contributed by atoms with Crippen molar-refractivity contribution >= 4 is 17.4 Å². The Bertz CT molecular complexity index is 1480. The molecule has 160 valence electrons. The molecule has 0 amide bonds. The van der Waals surface area contributed by atoms with E-state index in [1.165, 1.54) is 22.3 Å². The Morgan fingerprint density at radius 2 is 1.55 bits per heavy atom. The second kappa shape index (κ2) is 7.56. The van der Waals surface area contributed by atoms with Crippen molar-refractivity contribution in [3.63, 3.8) is 0 Å². The zero-order valence-electron chi connectivity index (χ0n) is 18.7. The first-order chi connectivity index (χ1) is 16.2. The summed E-state index contributed by atoms with van der Waals surface area (Å²) in [5.41, 5.74) is 12.9. The third-order valence-corrected chi connectivity index (χ3v) is 6.65. The van der Waals surface area contributed by atoms with Crippen LogP contribution < -0.4 is 0 Å². The Morgan fingerprint density at radius 1 is 0.818 bits per heavy atom. The van der Waals surface area contributed by atoms with E-state index in [0.29, 0.717) is 12.2 Å². The van der Waals surface area contributed by atoms with Gasteiger partial charge in [0.15, 0.2) is 0 Å². The number of hydrogen-bond donors (Lipinski definition) is 0. The van der Waals surface area contributed by atoms with E-state index in [4.69, 9.17) is 9.73 Å². The van der Waals surface area contributed by atoms with E-state index in [2.05, 4.69) is 66.7 Å². The Labute approximate surface area is 193 Å². The first-order valence-electron chi connectivity index (χ1n) is 11.4. The molecule has 0 atom stereocenters. The number of esters is 1. The van der Waals surface area contributed by atoms with Gasteiger partial charge >= 0.3 is 5.97 Å². The van der Waals surface area contributed by atoms with Crippen LogP contribution in [-0.2, 0) is 11.2 Å². The van der Waals surface area contributed by atoms with Gasteiger partial charge in [0.05, 0.1) is 23.6 Å². The molecule has 2 aliphatic carbocycles. The Hall–Kier alpha value is -3.98. The Balaban J connectivity index is 1.55. The lowest BCUT2D eigenvalue weighted by Crippen LogP contribution is -2.08. The van der Waals surface area contributed by atoms with E-state index in [1.54, 1.807) is 0 Å². The number of nitrogens with zero attached hydrogens (tertiary/aromatic N) is 1. The minimum Gasteiger partial charge on any atom is -0.462 e. The molecule has 0 aromatic heterocycles. The average Bonchev–Trinajstić information content (AvgIpc) is 3.35. The van der Waals surface area contributed by atoms with Crippen LogP contribution in [0, 0.1) is 6.92 Å². The fourth-order valence-electron chi connectivity index (χ4n) is 5.11. The van der Waals surface area contributed by atoms with E-state index in [-0.39, 0.29) is 5.97 Å². The molecule has 0 unspecified atom stereocenters. The summed E-state index contributed by atoms with van der Waals surface area (Å²) in [7, 11) is 0. The van der Waals surface area contributed by atoms with Crippen molar-refractivity contribution in [1.82, 2.24) is 0 Å². The smallest absolute Gasteiger partial charge is 0.338 e. The van der Waals surface area contributed by atoms with Crippen molar-refractivity contribution in [2.75, 3.05) is 6.61 Å². The van der Waals surface area contributed by atoms with Gasteiger partial charge in [-0.15, -0.1) is 0 Å². The highest BCUT2D eigenvalue weighted by Gasteiger charge is 2.28. The lowest BCUT2D eigenvalue weighted by molar-refractivity contribution is 0.0525. The lowest BCUT2D eigenvalue weighted by atomic mass is 9.98. The number of fused-ring (bicyclic) bond motifs is 6. The van der Waals surface area contributed by atoms with Gasteiger partial charge in [0.25, 0.3) is 0 Å². The van der Waals surface area contributed by atoms with Gasteiger partial charge in [-0.25, -0.2) is 9.79 Å². The molecule has 4 aromatic rings. The standard InChI is InChI=1S/C30H23NO2/c1-3-33-30(32)24-17-27-25(15-18(24)2)22-11-6-7-12-23(22)29(27)31-28-14-8-13-21-20-10-5-4-9-19(20)16-26(21)28/h4-15,17H,3,16H2,1-2H3. The number of carbonyl (C=O) groups is 1. The molecular weight excluding hydrogens is 406 g/mol. The van der Waals surface area contributed by atoms with Crippen LogP contribution in [0.3, 0.4) is 0 Å². The largest absolute Gasteiger partial charge is 0.462 e. The summed E-state index contributed by atoms with van der Waals surface area (Å²) in [6, 6.07) is 27.3. The van der Waals surface area contributed by atoms with Crippen LogP contribution in [0.2, 0.25) is 0 Å². The summed E-state index contributed by atoms with van der Waals surface area (Å²) in [4.78, 5) is 17.9. The summed E-state index contributed by atoms with van der Waals surface area (Å²) in [6.45, 7) is 4.15. The van der Waals surface area contributed by atoms with Crippen molar-refractivity contribution in [2.24, 2.45) is 4.99 Å². The van der Waals surface area contributed by atoms with E-state index >= 15 is 0 Å². The third-order valence-electron chi connectivity index (χ3n) is 6.65. The van der Waals surface area contributed by atoms with Crippen molar-refractivity contribution in [1.29, 1.82) is 0 Å². The number of rotatable bonds is 3. The topological polar surface area (TPSA) is 38.7 Å². The van der Waals surface area contributed by atoms with Crippen molar-refractivity contribution in [3.05, 3.63) is 112 Å². The van der Waals surface area contributed by atoms with Gasteiger partial charge in [-0.05, 0) is 71.0 Å². The lowest BCUT2D eigenvalue weighted by Gasteiger charge is -2.10. The summed E-state index contributed by atoms with van der Waals surface area (Å²) >= 11 is 0. The van der Waals surface area contributed by atoms with Crippen LogP contribution in [0.15, 0.2) is 83.9 Å². The monoisotopic (exact) mass is 429 g/mol. The number of aryl methyl sites for hydroxylation is 1. The molecule has 0 radical (unpaired) electrons. The fourth-order valence-corrected chi connectivity index (χ4v) is 5.11. The molecule has 0 heterocycles. The summed E-state index contributed by atoms with van der Waals surface area (Å²) in [5, 5.41) is 0. The second-order valence-corrected chi connectivity index (χ2v) is 8.58. The zero-order valence-corrected chi connectivity index (χ0v) is 18.7. The van der Waals surface area contributed by atoms with Crippen molar-refractivity contribution < 1.29 is 9.53 Å². The maximum Gasteiger partial charge on any atom is 0.338 e. The molecule has 0 N–H and O–H groups in total.